The topological polar surface area (TPSA) is 101 Å². The zero-order chi connectivity index (χ0) is 12.4. The minimum absolute atomic E-state index is 0.0457. The van der Waals surface area contributed by atoms with Gasteiger partial charge >= 0.3 is 0 Å². The molecule has 0 fully saturated rings. The van der Waals surface area contributed by atoms with Gasteiger partial charge in [-0.15, -0.1) is 5.10 Å². The van der Waals surface area contributed by atoms with E-state index in [1.165, 1.54) is 11.0 Å². The molecule has 8 heteroatoms. The Morgan fingerprint density at radius 3 is 3.06 bits per heavy atom. The summed E-state index contributed by atoms with van der Waals surface area (Å²) in [6.07, 6.45) is 1.37. The quantitative estimate of drug-likeness (QED) is 0.683. The highest BCUT2D eigenvalue weighted by atomic mass is 16.2. The molecular weight excluding hydrogens is 234 g/mol. The second-order valence-electron chi connectivity index (χ2n) is 3.66. The normalized spacial score (nSPS) is 10.7. The second-order valence-corrected chi connectivity index (χ2v) is 3.66. The summed E-state index contributed by atoms with van der Waals surface area (Å²) in [7, 11) is 0. The molecule has 0 radical (unpaired) electrons. The molecule has 2 aromatic heterocycles. The number of fused-ring (bicyclic) bond motifs is 1. The van der Waals surface area contributed by atoms with E-state index in [1.54, 1.807) is 0 Å². The maximum Gasteiger partial charge on any atom is 0.248 e. The molecule has 3 rings (SSSR count). The van der Waals surface area contributed by atoms with Crippen LogP contribution in [0, 0.1) is 0 Å². The maximum atomic E-state index is 11.7. The number of para-hydroxylation sites is 2. The minimum Gasteiger partial charge on any atom is -0.324 e. The van der Waals surface area contributed by atoms with Crippen molar-refractivity contribution in [1.29, 1.82) is 0 Å². The number of benzene rings is 1. The van der Waals surface area contributed by atoms with Crippen molar-refractivity contribution in [2.45, 2.75) is 6.54 Å². The monoisotopic (exact) mass is 243 g/mol. The van der Waals surface area contributed by atoms with Crippen LogP contribution in [0.1, 0.15) is 0 Å². The molecule has 0 spiro atoms. The molecule has 3 aromatic rings. The van der Waals surface area contributed by atoms with E-state index >= 15 is 0 Å². The standard InChI is InChI=1S/C10H9N7O/c18-9(5-17-6-11-15-16-17)14-10-12-7-3-1-2-4-8(7)13-10/h1-4,6H,5H2,(H2,12,13,14,18). The van der Waals surface area contributed by atoms with E-state index < -0.39 is 0 Å². The number of nitrogens with zero attached hydrogens (tertiary/aromatic N) is 5. The van der Waals surface area contributed by atoms with Gasteiger partial charge in [0, 0.05) is 0 Å². The van der Waals surface area contributed by atoms with E-state index in [-0.39, 0.29) is 12.5 Å². The average Bonchev–Trinajstić information content (AvgIpc) is 2.96. The van der Waals surface area contributed by atoms with Crippen LogP contribution in [0.5, 0.6) is 0 Å². The molecule has 0 unspecified atom stereocenters. The Morgan fingerprint density at radius 2 is 2.28 bits per heavy atom. The van der Waals surface area contributed by atoms with Crippen molar-refractivity contribution in [2.24, 2.45) is 0 Å². The number of aromatic nitrogens is 6. The predicted molar refractivity (Wildman–Crippen MR) is 62.5 cm³/mol. The third-order valence-electron chi connectivity index (χ3n) is 2.34. The first-order valence-electron chi connectivity index (χ1n) is 5.26. The maximum absolute atomic E-state index is 11.7. The average molecular weight is 243 g/mol. The van der Waals surface area contributed by atoms with Crippen molar-refractivity contribution >= 4 is 22.9 Å². The molecule has 2 heterocycles. The number of rotatable bonds is 3. The summed E-state index contributed by atoms with van der Waals surface area (Å²) < 4.78 is 1.33. The van der Waals surface area contributed by atoms with Gasteiger partial charge in [0.1, 0.15) is 12.9 Å². The summed E-state index contributed by atoms with van der Waals surface area (Å²) in [4.78, 5) is 18.9. The number of aromatic amines is 1. The van der Waals surface area contributed by atoms with Crippen LogP contribution in [0.2, 0.25) is 0 Å². The fourth-order valence-corrected chi connectivity index (χ4v) is 1.58. The van der Waals surface area contributed by atoms with Crippen molar-refractivity contribution in [3.63, 3.8) is 0 Å². The lowest BCUT2D eigenvalue weighted by molar-refractivity contribution is -0.117. The van der Waals surface area contributed by atoms with E-state index in [0.29, 0.717) is 5.95 Å². The lowest BCUT2D eigenvalue weighted by Gasteiger charge is -1.99. The van der Waals surface area contributed by atoms with E-state index in [4.69, 9.17) is 0 Å². The number of anilines is 1. The van der Waals surface area contributed by atoms with Crippen LogP contribution < -0.4 is 5.32 Å². The van der Waals surface area contributed by atoms with Gasteiger partial charge in [-0.05, 0) is 22.6 Å². The van der Waals surface area contributed by atoms with Crippen LogP contribution in [0.4, 0.5) is 5.95 Å². The van der Waals surface area contributed by atoms with Gasteiger partial charge in [-0.3, -0.25) is 10.1 Å². The van der Waals surface area contributed by atoms with Crippen molar-refractivity contribution in [1.82, 2.24) is 30.2 Å². The number of carbonyl (C=O) groups is 1. The van der Waals surface area contributed by atoms with E-state index in [2.05, 4.69) is 30.8 Å². The van der Waals surface area contributed by atoms with Crippen molar-refractivity contribution in [3.05, 3.63) is 30.6 Å². The number of hydrogen-bond acceptors (Lipinski definition) is 5. The second kappa shape index (κ2) is 4.24. The largest absolute Gasteiger partial charge is 0.324 e. The molecule has 0 aliphatic rings. The fraction of sp³-hybridized carbons (Fsp3) is 0.100. The van der Waals surface area contributed by atoms with Crippen LogP contribution in [0.15, 0.2) is 30.6 Å². The summed E-state index contributed by atoms with van der Waals surface area (Å²) >= 11 is 0. The SMILES string of the molecule is O=C(Cn1cnnn1)Nc1nc2ccccc2[nH]1. The summed E-state index contributed by atoms with van der Waals surface area (Å²) in [5, 5.41) is 13.1. The fourth-order valence-electron chi connectivity index (χ4n) is 1.58. The molecule has 0 aliphatic heterocycles. The molecule has 90 valence electrons. The molecule has 0 bridgehead atoms. The van der Waals surface area contributed by atoms with Crippen LogP contribution in [-0.2, 0) is 11.3 Å². The van der Waals surface area contributed by atoms with Crippen LogP contribution in [0.25, 0.3) is 11.0 Å². The van der Waals surface area contributed by atoms with Gasteiger partial charge in [0.25, 0.3) is 0 Å². The van der Waals surface area contributed by atoms with Gasteiger partial charge in [0.2, 0.25) is 11.9 Å². The first kappa shape index (κ1) is 10.4. The molecule has 1 aromatic carbocycles. The van der Waals surface area contributed by atoms with Gasteiger partial charge in [-0.2, -0.15) is 0 Å². The highest BCUT2D eigenvalue weighted by Crippen LogP contribution is 2.12. The summed E-state index contributed by atoms with van der Waals surface area (Å²) in [6.45, 7) is 0.0457. The van der Waals surface area contributed by atoms with Crippen LogP contribution >= 0.6 is 0 Å². The molecule has 8 nitrogen and oxygen atoms in total. The Bertz CT molecular complexity index is 639. The molecule has 18 heavy (non-hydrogen) atoms. The van der Waals surface area contributed by atoms with Crippen molar-refractivity contribution in [2.75, 3.05) is 5.32 Å². The summed E-state index contributed by atoms with van der Waals surface area (Å²) in [5.74, 6) is 0.163. The van der Waals surface area contributed by atoms with Gasteiger partial charge in [-0.1, -0.05) is 12.1 Å². The molecule has 0 aliphatic carbocycles. The van der Waals surface area contributed by atoms with Crippen LogP contribution in [-0.4, -0.2) is 36.1 Å². The third kappa shape index (κ3) is 2.03. The highest BCUT2D eigenvalue weighted by Gasteiger charge is 2.07. The Labute approximate surface area is 101 Å². The zero-order valence-electron chi connectivity index (χ0n) is 9.24. The third-order valence-corrected chi connectivity index (χ3v) is 2.34. The smallest absolute Gasteiger partial charge is 0.248 e. The van der Waals surface area contributed by atoms with Crippen molar-refractivity contribution in [3.8, 4) is 0 Å². The van der Waals surface area contributed by atoms with E-state index in [1.807, 2.05) is 24.3 Å². The number of hydrogen-bond donors (Lipinski definition) is 2. The Balaban J connectivity index is 1.74. The van der Waals surface area contributed by atoms with Gasteiger partial charge in [0.15, 0.2) is 0 Å². The minimum atomic E-state index is -0.249. The predicted octanol–water partition coefficient (Wildman–Crippen LogP) is 0.188. The molecule has 1 amide bonds. The Morgan fingerprint density at radius 1 is 1.39 bits per heavy atom. The van der Waals surface area contributed by atoms with Crippen molar-refractivity contribution < 1.29 is 4.79 Å². The Kier molecular flexibility index (Phi) is 2.45. The van der Waals surface area contributed by atoms with E-state index in [0.717, 1.165) is 11.0 Å². The molecule has 0 saturated heterocycles. The number of H-pyrrole nitrogens is 1. The molecule has 0 saturated carbocycles. The molecular formula is C10H9N7O. The first-order chi connectivity index (χ1) is 8.81. The number of amides is 1. The highest BCUT2D eigenvalue weighted by molar-refractivity contribution is 5.90. The van der Waals surface area contributed by atoms with Crippen LogP contribution in [0.3, 0.4) is 0 Å². The van der Waals surface area contributed by atoms with E-state index in [9.17, 15) is 4.79 Å². The number of nitrogens with one attached hydrogen (secondary N) is 2. The number of imidazole rings is 1. The van der Waals surface area contributed by atoms with Gasteiger partial charge in [0.05, 0.1) is 11.0 Å². The van der Waals surface area contributed by atoms with Gasteiger partial charge in [-0.25, -0.2) is 9.67 Å². The summed E-state index contributed by atoms with van der Waals surface area (Å²) in [6, 6.07) is 7.53. The van der Waals surface area contributed by atoms with Gasteiger partial charge < -0.3 is 4.98 Å². The molecule has 0 atom stereocenters. The zero-order valence-corrected chi connectivity index (χ0v) is 9.24. The lowest BCUT2D eigenvalue weighted by atomic mass is 10.3. The first-order valence-corrected chi connectivity index (χ1v) is 5.26. The number of tetrazole rings is 1. The molecule has 2 N–H and O–H groups in total. The lowest BCUT2D eigenvalue weighted by Crippen LogP contribution is -2.19. The Hall–Kier alpha value is -2.77. The number of carbonyl (C=O) groups excluding carboxylic acids is 1. The summed E-state index contributed by atoms with van der Waals surface area (Å²) in [5.41, 5.74) is 1.67.